The van der Waals surface area contributed by atoms with Crippen molar-refractivity contribution in [1.82, 2.24) is 9.78 Å². The van der Waals surface area contributed by atoms with Crippen molar-refractivity contribution in [2.45, 2.75) is 0 Å². The molecule has 0 atom stereocenters. The monoisotopic (exact) mass is 238 g/mol. The van der Waals surface area contributed by atoms with Gasteiger partial charge in [-0.2, -0.15) is 5.10 Å². The van der Waals surface area contributed by atoms with Crippen LogP contribution in [-0.4, -0.2) is 15.7 Å². The first kappa shape index (κ1) is 11.1. The molecule has 2 rings (SSSR count). The molecule has 0 aliphatic heterocycles. The van der Waals surface area contributed by atoms with Crippen molar-refractivity contribution in [1.29, 1.82) is 0 Å². The van der Waals surface area contributed by atoms with E-state index < -0.39 is 17.5 Å². The molecule has 7 heteroatoms. The molecule has 1 amide bonds. The molecule has 0 spiro atoms. The molecule has 1 aromatic heterocycles. The maximum atomic E-state index is 13.0. The Morgan fingerprint density at radius 2 is 2.00 bits per heavy atom. The number of nitrogens with two attached hydrogens (primary N) is 2. The standard InChI is InChI=1S/C10H8F2N4O/c11-7-2-1-5(3-8(7)12)16-9(13)6(4-15-16)10(14)17/h1-4H,13H2,(H2,14,17). The fourth-order valence-corrected chi connectivity index (χ4v) is 1.37. The van der Waals surface area contributed by atoms with E-state index in [4.69, 9.17) is 11.5 Å². The Labute approximate surface area is 94.6 Å². The van der Waals surface area contributed by atoms with Crippen molar-refractivity contribution in [2.24, 2.45) is 5.73 Å². The number of nitrogens with zero attached hydrogens (tertiary/aromatic N) is 2. The summed E-state index contributed by atoms with van der Waals surface area (Å²) in [5.41, 5.74) is 10.9. The lowest BCUT2D eigenvalue weighted by Crippen LogP contribution is -2.13. The van der Waals surface area contributed by atoms with Crippen LogP contribution < -0.4 is 11.5 Å². The molecule has 0 saturated carbocycles. The predicted molar refractivity (Wildman–Crippen MR) is 56.4 cm³/mol. The van der Waals surface area contributed by atoms with Crippen LogP contribution in [0, 0.1) is 11.6 Å². The molecule has 0 aliphatic rings. The number of benzene rings is 1. The van der Waals surface area contributed by atoms with Gasteiger partial charge in [-0.05, 0) is 12.1 Å². The maximum Gasteiger partial charge on any atom is 0.254 e. The van der Waals surface area contributed by atoms with E-state index in [1.807, 2.05) is 0 Å². The van der Waals surface area contributed by atoms with Crippen molar-refractivity contribution in [3.8, 4) is 5.69 Å². The minimum absolute atomic E-state index is 0.0229. The van der Waals surface area contributed by atoms with Gasteiger partial charge in [-0.3, -0.25) is 4.79 Å². The second-order valence-electron chi connectivity index (χ2n) is 3.32. The number of halogens is 2. The number of anilines is 1. The fourth-order valence-electron chi connectivity index (χ4n) is 1.37. The van der Waals surface area contributed by atoms with E-state index >= 15 is 0 Å². The lowest BCUT2D eigenvalue weighted by molar-refractivity contribution is 0.100. The van der Waals surface area contributed by atoms with E-state index in [2.05, 4.69) is 5.10 Å². The number of carbonyl (C=O) groups excluding carboxylic acids is 1. The van der Waals surface area contributed by atoms with Crippen molar-refractivity contribution >= 4 is 11.7 Å². The van der Waals surface area contributed by atoms with Crippen LogP contribution in [0.25, 0.3) is 5.69 Å². The Hall–Kier alpha value is -2.44. The van der Waals surface area contributed by atoms with Gasteiger partial charge >= 0.3 is 0 Å². The minimum Gasteiger partial charge on any atom is -0.383 e. The number of primary amides is 1. The Morgan fingerprint density at radius 1 is 1.29 bits per heavy atom. The van der Waals surface area contributed by atoms with Crippen LogP contribution >= 0.6 is 0 Å². The summed E-state index contributed by atoms with van der Waals surface area (Å²) >= 11 is 0. The van der Waals surface area contributed by atoms with E-state index in [1.165, 1.54) is 12.3 Å². The minimum atomic E-state index is -1.03. The lowest BCUT2D eigenvalue weighted by Gasteiger charge is -2.04. The van der Waals surface area contributed by atoms with Gasteiger partial charge in [-0.1, -0.05) is 0 Å². The average molecular weight is 238 g/mol. The third-order valence-electron chi connectivity index (χ3n) is 2.22. The second kappa shape index (κ2) is 3.85. The molecule has 0 bridgehead atoms. The summed E-state index contributed by atoms with van der Waals surface area (Å²) in [5.74, 6) is -2.77. The summed E-state index contributed by atoms with van der Waals surface area (Å²) in [5, 5.41) is 3.78. The van der Waals surface area contributed by atoms with Gasteiger partial charge in [0.25, 0.3) is 5.91 Å². The van der Waals surface area contributed by atoms with Crippen molar-refractivity contribution in [2.75, 3.05) is 5.73 Å². The zero-order valence-corrected chi connectivity index (χ0v) is 8.52. The van der Waals surface area contributed by atoms with Gasteiger partial charge in [0.05, 0.1) is 11.9 Å². The highest BCUT2D eigenvalue weighted by atomic mass is 19.2. The first-order valence-electron chi connectivity index (χ1n) is 4.59. The molecule has 1 aromatic carbocycles. The van der Waals surface area contributed by atoms with Gasteiger partial charge in [-0.25, -0.2) is 13.5 Å². The molecule has 0 unspecified atom stereocenters. The maximum absolute atomic E-state index is 13.0. The first-order chi connectivity index (χ1) is 8.00. The van der Waals surface area contributed by atoms with E-state index in [0.717, 1.165) is 16.8 Å². The summed E-state index contributed by atoms with van der Waals surface area (Å²) in [4.78, 5) is 10.9. The molecule has 17 heavy (non-hydrogen) atoms. The Kier molecular flexibility index (Phi) is 2.51. The van der Waals surface area contributed by atoms with Crippen molar-refractivity contribution in [3.63, 3.8) is 0 Å². The van der Waals surface area contributed by atoms with Crippen LogP contribution in [0.15, 0.2) is 24.4 Å². The molecule has 0 radical (unpaired) electrons. The van der Waals surface area contributed by atoms with E-state index in [-0.39, 0.29) is 17.1 Å². The number of carbonyl (C=O) groups is 1. The van der Waals surface area contributed by atoms with E-state index in [1.54, 1.807) is 0 Å². The number of hydrogen-bond acceptors (Lipinski definition) is 3. The number of rotatable bonds is 2. The highest BCUT2D eigenvalue weighted by molar-refractivity contribution is 5.97. The smallest absolute Gasteiger partial charge is 0.254 e. The zero-order chi connectivity index (χ0) is 12.6. The van der Waals surface area contributed by atoms with Gasteiger partial charge in [0, 0.05) is 6.07 Å². The number of amides is 1. The highest BCUT2D eigenvalue weighted by Crippen LogP contribution is 2.18. The molecular formula is C10H8F2N4O. The Morgan fingerprint density at radius 3 is 2.53 bits per heavy atom. The molecule has 0 saturated heterocycles. The van der Waals surface area contributed by atoms with Gasteiger partial charge in [0.2, 0.25) is 0 Å². The summed E-state index contributed by atoms with van der Waals surface area (Å²) < 4.78 is 26.9. The van der Waals surface area contributed by atoms with E-state index in [9.17, 15) is 13.6 Å². The lowest BCUT2D eigenvalue weighted by atomic mass is 10.3. The van der Waals surface area contributed by atoms with Gasteiger partial charge in [0.1, 0.15) is 11.4 Å². The van der Waals surface area contributed by atoms with Crippen LogP contribution in [-0.2, 0) is 0 Å². The number of aromatic nitrogens is 2. The quantitative estimate of drug-likeness (QED) is 0.812. The molecule has 2 aromatic rings. The highest BCUT2D eigenvalue weighted by Gasteiger charge is 2.14. The van der Waals surface area contributed by atoms with Gasteiger partial charge in [-0.15, -0.1) is 0 Å². The molecule has 0 aliphatic carbocycles. The summed E-state index contributed by atoms with van der Waals surface area (Å²) in [7, 11) is 0. The molecule has 88 valence electrons. The summed E-state index contributed by atoms with van der Waals surface area (Å²) in [6, 6.07) is 3.14. The first-order valence-corrected chi connectivity index (χ1v) is 4.59. The molecule has 5 nitrogen and oxygen atoms in total. The fraction of sp³-hybridized carbons (Fsp3) is 0. The molecule has 4 N–H and O–H groups in total. The molecular weight excluding hydrogens is 230 g/mol. The average Bonchev–Trinajstić information content (AvgIpc) is 2.64. The molecule has 1 heterocycles. The third-order valence-corrected chi connectivity index (χ3v) is 2.22. The van der Waals surface area contributed by atoms with Crippen molar-refractivity contribution < 1.29 is 13.6 Å². The Balaban J connectivity index is 2.53. The van der Waals surface area contributed by atoms with Crippen LogP contribution in [0.4, 0.5) is 14.6 Å². The normalized spacial score (nSPS) is 10.5. The third kappa shape index (κ3) is 1.82. The largest absolute Gasteiger partial charge is 0.383 e. The zero-order valence-electron chi connectivity index (χ0n) is 8.52. The van der Waals surface area contributed by atoms with Gasteiger partial charge in [0.15, 0.2) is 11.6 Å². The number of hydrogen-bond donors (Lipinski definition) is 2. The van der Waals surface area contributed by atoms with Crippen LogP contribution in [0.5, 0.6) is 0 Å². The summed E-state index contributed by atoms with van der Waals surface area (Å²) in [6.07, 6.45) is 1.17. The molecule has 0 fully saturated rings. The number of nitrogen functional groups attached to an aromatic ring is 1. The van der Waals surface area contributed by atoms with Crippen LogP contribution in [0.1, 0.15) is 10.4 Å². The van der Waals surface area contributed by atoms with Crippen molar-refractivity contribution in [3.05, 3.63) is 41.6 Å². The SMILES string of the molecule is NC(=O)c1cnn(-c2ccc(F)c(F)c2)c1N. The van der Waals surface area contributed by atoms with Crippen LogP contribution in [0.2, 0.25) is 0 Å². The second-order valence-corrected chi connectivity index (χ2v) is 3.32. The topological polar surface area (TPSA) is 86.9 Å². The summed E-state index contributed by atoms with van der Waals surface area (Å²) in [6.45, 7) is 0. The predicted octanol–water partition coefficient (Wildman–Crippen LogP) is 0.832. The van der Waals surface area contributed by atoms with Crippen LogP contribution in [0.3, 0.4) is 0 Å². The van der Waals surface area contributed by atoms with Gasteiger partial charge < -0.3 is 11.5 Å². The van der Waals surface area contributed by atoms with E-state index in [0.29, 0.717) is 0 Å². The Bertz CT molecular complexity index is 594.